The lowest BCUT2D eigenvalue weighted by Crippen LogP contribution is -2.48. The van der Waals surface area contributed by atoms with Gasteiger partial charge in [0.15, 0.2) is 0 Å². The molecule has 3 heterocycles. The Hall–Kier alpha value is -4.14. The fourth-order valence-corrected chi connectivity index (χ4v) is 6.11. The highest BCUT2D eigenvalue weighted by Gasteiger charge is 2.46. The van der Waals surface area contributed by atoms with Crippen LogP contribution in [0.15, 0.2) is 54.6 Å². The number of ether oxygens (including phenoxy) is 2. The summed E-state index contributed by atoms with van der Waals surface area (Å²) in [6.07, 6.45) is 2.68. The fraction of sp³-hybridized carbons (Fsp3) is 0.471. The van der Waals surface area contributed by atoms with E-state index in [1.807, 2.05) is 80.3 Å². The molecule has 9 nitrogen and oxygen atoms in total. The maximum absolute atomic E-state index is 14.1. The van der Waals surface area contributed by atoms with Gasteiger partial charge in [0.25, 0.3) is 0 Å². The number of piperidine rings is 1. The molecule has 2 aliphatic rings. The van der Waals surface area contributed by atoms with E-state index in [0.29, 0.717) is 35.8 Å². The van der Waals surface area contributed by atoms with E-state index in [-0.39, 0.29) is 31.2 Å². The minimum absolute atomic E-state index is 0.0426. The number of aromatic nitrogens is 1. The normalized spacial score (nSPS) is 19.7. The standard InChI is InChI=1S/C34H41N3O6/c1-34(2,3)26(19-31(38)36-15-9-6-10-16-36)32(39)37-21-24(18-29(37)33(40)41)43-30-20-27(22-11-7-5-8-12-22)35-28-17-23(42-4)13-14-25(28)30/h5,7-8,11-14,17,20,24,26,29H,6,9-10,15-16,18-19,21H2,1-4H3,(H,40,41)/t24-,26?,29+/m1/s1. The van der Waals surface area contributed by atoms with Gasteiger partial charge >= 0.3 is 5.97 Å². The third-order valence-corrected chi connectivity index (χ3v) is 8.60. The minimum Gasteiger partial charge on any atom is -0.497 e. The summed E-state index contributed by atoms with van der Waals surface area (Å²) in [5, 5.41) is 10.9. The summed E-state index contributed by atoms with van der Waals surface area (Å²) in [6, 6.07) is 16.1. The van der Waals surface area contributed by atoms with E-state index in [4.69, 9.17) is 14.5 Å². The summed E-state index contributed by atoms with van der Waals surface area (Å²) in [7, 11) is 1.60. The van der Waals surface area contributed by atoms with Gasteiger partial charge in [-0.25, -0.2) is 9.78 Å². The van der Waals surface area contributed by atoms with Crippen molar-refractivity contribution in [3.05, 3.63) is 54.6 Å². The van der Waals surface area contributed by atoms with Crippen molar-refractivity contribution in [2.24, 2.45) is 11.3 Å². The van der Waals surface area contributed by atoms with E-state index in [0.717, 1.165) is 30.2 Å². The molecular formula is C34H41N3O6. The zero-order valence-electron chi connectivity index (χ0n) is 25.4. The number of carboxylic acid groups (broad SMARTS) is 1. The second-order valence-electron chi connectivity index (χ2n) is 12.6. The minimum atomic E-state index is -1.08. The Labute approximate surface area is 252 Å². The molecule has 3 aromatic rings. The molecule has 9 heteroatoms. The highest BCUT2D eigenvalue weighted by molar-refractivity contribution is 5.91. The van der Waals surface area contributed by atoms with Crippen LogP contribution in [0.4, 0.5) is 0 Å². The molecule has 0 saturated carbocycles. The first-order valence-corrected chi connectivity index (χ1v) is 15.1. The first-order valence-electron chi connectivity index (χ1n) is 15.1. The number of rotatable bonds is 8. The lowest BCUT2D eigenvalue weighted by Gasteiger charge is -2.36. The molecule has 1 aromatic heterocycles. The number of amides is 2. The quantitative estimate of drug-likeness (QED) is 0.375. The smallest absolute Gasteiger partial charge is 0.326 e. The maximum Gasteiger partial charge on any atom is 0.326 e. The Morgan fingerprint density at radius 2 is 1.74 bits per heavy atom. The first-order chi connectivity index (χ1) is 20.5. The van der Waals surface area contributed by atoms with Crippen LogP contribution >= 0.6 is 0 Å². The number of carboxylic acids is 1. The Kier molecular flexibility index (Phi) is 8.89. The molecule has 2 fully saturated rings. The summed E-state index contributed by atoms with van der Waals surface area (Å²) in [4.78, 5) is 47.8. The van der Waals surface area contributed by atoms with Crippen molar-refractivity contribution < 1.29 is 29.0 Å². The van der Waals surface area contributed by atoms with Crippen LogP contribution < -0.4 is 9.47 Å². The van der Waals surface area contributed by atoms with Gasteiger partial charge in [0.2, 0.25) is 11.8 Å². The van der Waals surface area contributed by atoms with Crippen LogP contribution in [0.3, 0.4) is 0 Å². The van der Waals surface area contributed by atoms with Crippen molar-refractivity contribution in [1.82, 2.24) is 14.8 Å². The van der Waals surface area contributed by atoms with Gasteiger partial charge in [-0.1, -0.05) is 51.1 Å². The Balaban J connectivity index is 1.42. The summed E-state index contributed by atoms with van der Waals surface area (Å²) >= 11 is 0. The summed E-state index contributed by atoms with van der Waals surface area (Å²) in [5.41, 5.74) is 1.77. The number of fused-ring (bicyclic) bond motifs is 1. The van der Waals surface area contributed by atoms with Gasteiger partial charge in [-0.05, 0) is 36.8 Å². The SMILES string of the molecule is COc1ccc2c(O[C@@H]3C[C@@H](C(=O)O)N(C(=O)C(CC(=O)N4CCCCC4)C(C)(C)C)C3)cc(-c3ccccc3)nc2c1. The van der Waals surface area contributed by atoms with E-state index >= 15 is 0 Å². The molecule has 43 heavy (non-hydrogen) atoms. The van der Waals surface area contributed by atoms with Gasteiger partial charge in [0, 0.05) is 49.0 Å². The molecule has 5 rings (SSSR count). The zero-order valence-corrected chi connectivity index (χ0v) is 25.4. The van der Waals surface area contributed by atoms with Crippen LogP contribution in [0.25, 0.3) is 22.2 Å². The Morgan fingerprint density at radius 3 is 2.40 bits per heavy atom. The third kappa shape index (κ3) is 6.76. The van der Waals surface area contributed by atoms with E-state index in [1.54, 1.807) is 7.11 Å². The number of hydrogen-bond acceptors (Lipinski definition) is 6. The fourth-order valence-electron chi connectivity index (χ4n) is 6.11. The molecular weight excluding hydrogens is 546 g/mol. The predicted molar refractivity (Wildman–Crippen MR) is 164 cm³/mol. The van der Waals surface area contributed by atoms with Crippen molar-refractivity contribution in [3.63, 3.8) is 0 Å². The number of pyridine rings is 1. The van der Waals surface area contributed by atoms with Crippen LogP contribution in [-0.4, -0.2) is 76.6 Å². The number of hydrogen-bond donors (Lipinski definition) is 1. The van der Waals surface area contributed by atoms with Crippen LogP contribution in [0.1, 0.15) is 52.9 Å². The number of nitrogens with zero attached hydrogens (tertiary/aromatic N) is 3. The lowest BCUT2D eigenvalue weighted by atomic mass is 9.77. The molecule has 1 N–H and O–H groups in total. The molecule has 0 aliphatic carbocycles. The molecule has 1 unspecified atom stereocenters. The largest absolute Gasteiger partial charge is 0.497 e. The van der Waals surface area contributed by atoms with Crippen molar-refractivity contribution in [3.8, 4) is 22.8 Å². The highest BCUT2D eigenvalue weighted by atomic mass is 16.5. The molecule has 2 aliphatic heterocycles. The van der Waals surface area contributed by atoms with Crippen LogP contribution in [0.5, 0.6) is 11.5 Å². The van der Waals surface area contributed by atoms with Crippen LogP contribution in [0, 0.1) is 11.3 Å². The number of carbonyl (C=O) groups is 3. The van der Waals surface area contributed by atoms with Gasteiger partial charge < -0.3 is 24.4 Å². The van der Waals surface area contributed by atoms with Gasteiger partial charge in [-0.2, -0.15) is 0 Å². The van der Waals surface area contributed by atoms with Gasteiger partial charge in [-0.3, -0.25) is 9.59 Å². The van der Waals surface area contributed by atoms with E-state index < -0.39 is 29.4 Å². The maximum atomic E-state index is 14.1. The number of likely N-dealkylation sites (tertiary alicyclic amines) is 2. The summed E-state index contributed by atoms with van der Waals surface area (Å²) < 4.78 is 11.9. The number of methoxy groups -OCH3 is 1. The second kappa shape index (κ2) is 12.6. The molecule has 0 radical (unpaired) electrons. The van der Waals surface area contributed by atoms with E-state index in [9.17, 15) is 19.5 Å². The van der Waals surface area contributed by atoms with Crippen molar-refractivity contribution in [1.29, 1.82) is 0 Å². The van der Waals surface area contributed by atoms with Crippen molar-refractivity contribution in [2.75, 3.05) is 26.7 Å². The van der Waals surface area contributed by atoms with Crippen molar-refractivity contribution >= 4 is 28.7 Å². The van der Waals surface area contributed by atoms with Crippen molar-refractivity contribution in [2.45, 2.75) is 65.0 Å². The number of benzene rings is 2. The second-order valence-corrected chi connectivity index (χ2v) is 12.6. The monoisotopic (exact) mass is 587 g/mol. The first kappa shape index (κ1) is 30.3. The summed E-state index contributed by atoms with van der Waals surface area (Å²) in [6.45, 7) is 7.32. The van der Waals surface area contributed by atoms with E-state index in [2.05, 4.69) is 0 Å². The Bertz CT molecular complexity index is 1480. The Morgan fingerprint density at radius 1 is 1.02 bits per heavy atom. The lowest BCUT2D eigenvalue weighted by molar-refractivity contribution is -0.153. The average Bonchev–Trinajstić information content (AvgIpc) is 3.43. The molecule has 228 valence electrons. The van der Waals surface area contributed by atoms with E-state index in [1.165, 1.54) is 4.90 Å². The molecule has 0 bridgehead atoms. The highest BCUT2D eigenvalue weighted by Crippen LogP contribution is 2.37. The van der Waals surface area contributed by atoms with Gasteiger partial charge in [0.05, 0.1) is 30.8 Å². The topological polar surface area (TPSA) is 109 Å². The van der Waals surface area contributed by atoms with Gasteiger partial charge in [0.1, 0.15) is 23.6 Å². The van der Waals surface area contributed by atoms with Gasteiger partial charge in [-0.15, -0.1) is 0 Å². The molecule has 3 atom stereocenters. The molecule has 2 saturated heterocycles. The van der Waals surface area contributed by atoms with Crippen LogP contribution in [-0.2, 0) is 14.4 Å². The number of aliphatic carboxylic acids is 1. The average molecular weight is 588 g/mol. The molecule has 0 spiro atoms. The number of carbonyl (C=O) groups excluding carboxylic acids is 2. The third-order valence-electron chi connectivity index (χ3n) is 8.60. The predicted octanol–water partition coefficient (Wildman–Crippen LogP) is 5.41. The molecule has 2 aromatic carbocycles. The molecule has 2 amide bonds. The zero-order chi connectivity index (χ0) is 30.7. The van der Waals surface area contributed by atoms with Crippen LogP contribution in [0.2, 0.25) is 0 Å². The summed E-state index contributed by atoms with van der Waals surface area (Å²) in [5.74, 6) is -0.871.